The van der Waals surface area contributed by atoms with Crippen molar-refractivity contribution in [2.75, 3.05) is 36.8 Å². The van der Waals surface area contributed by atoms with Crippen molar-refractivity contribution in [3.05, 3.63) is 65.7 Å². The Morgan fingerprint density at radius 1 is 0.933 bits per heavy atom. The molecule has 2 saturated heterocycles. The van der Waals surface area contributed by atoms with Crippen LogP contribution < -0.4 is 4.90 Å². The average Bonchev–Trinajstić information content (AvgIpc) is 2.80. The molecule has 2 aliphatic heterocycles. The van der Waals surface area contributed by atoms with Crippen molar-refractivity contribution in [2.24, 2.45) is 11.8 Å². The average molecular weight is 423 g/mol. The number of rotatable bonds is 7. The van der Waals surface area contributed by atoms with Crippen molar-refractivity contribution >= 4 is 17.4 Å². The van der Waals surface area contributed by atoms with Crippen LogP contribution in [0.25, 0.3) is 0 Å². The molecule has 2 aromatic carbocycles. The van der Waals surface area contributed by atoms with Crippen molar-refractivity contribution in [1.82, 2.24) is 4.90 Å². The molecular weight excluding hydrogens is 384 g/mol. The molecule has 2 fully saturated rings. The Balaban J connectivity index is 1.24. The summed E-state index contributed by atoms with van der Waals surface area (Å²) in [5.41, 5.74) is 4.31. The molecule has 0 spiro atoms. The van der Waals surface area contributed by atoms with Crippen LogP contribution in [0.4, 0.5) is 5.69 Å². The number of thioether (sulfide) groups is 1. The standard InChI is InChI=1S/C27H38N2S/c1-3-23-9-11-26(12-10-23)29-17-18-30-27(21-29)19-22(2)25-13-15-28(16-14-25)20-24-7-5-4-6-8-24/h4-12,22,25,27H,3,13-21H2,1-2H3. The van der Waals surface area contributed by atoms with Gasteiger partial charge in [-0.1, -0.05) is 56.3 Å². The van der Waals surface area contributed by atoms with Gasteiger partial charge in [0.25, 0.3) is 0 Å². The topological polar surface area (TPSA) is 6.48 Å². The Bertz CT molecular complexity index is 752. The number of anilines is 1. The van der Waals surface area contributed by atoms with Gasteiger partial charge in [-0.05, 0) is 73.9 Å². The van der Waals surface area contributed by atoms with Crippen LogP contribution in [0.5, 0.6) is 0 Å². The van der Waals surface area contributed by atoms with E-state index in [-0.39, 0.29) is 0 Å². The monoisotopic (exact) mass is 422 g/mol. The molecule has 30 heavy (non-hydrogen) atoms. The SMILES string of the molecule is CCc1ccc(N2CCSC(CC(C)C3CCN(Cc4ccccc4)CC3)C2)cc1. The maximum Gasteiger partial charge on any atom is 0.0367 e. The van der Waals surface area contributed by atoms with Crippen LogP contribution in [0.15, 0.2) is 54.6 Å². The number of piperidine rings is 1. The van der Waals surface area contributed by atoms with Gasteiger partial charge in [0.15, 0.2) is 0 Å². The van der Waals surface area contributed by atoms with Gasteiger partial charge in [0.05, 0.1) is 0 Å². The zero-order chi connectivity index (χ0) is 20.8. The van der Waals surface area contributed by atoms with E-state index in [4.69, 9.17) is 0 Å². The molecule has 2 aromatic rings. The lowest BCUT2D eigenvalue weighted by atomic mass is 9.82. The fraction of sp³-hybridized carbons (Fsp3) is 0.556. The molecule has 2 heterocycles. The fourth-order valence-corrected chi connectivity index (χ4v) is 6.55. The van der Waals surface area contributed by atoms with Crippen molar-refractivity contribution in [2.45, 2.75) is 51.3 Å². The maximum atomic E-state index is 2.65. The van der Waals surface area contributed by atoms with Gasteiger partial charge in [0.1, 0.15) is 0 Å². The fourth-order valence-electron chi connectivity index (χ4n) is 5.17. The lowest BCUT2D eigenvalue weighted by Crippen LogP contribution is -2.40. The summed E-state index contributed by atoms with van der Waals surface area (Å²) in [6.07, 6.45) is 5.24. The summed E-state index contributed by atoms with van der Waals surface area (Å²) in [7, 11) is 0. The number of hydrogen-bond donors (Lipinski definition) is 0. The van der Waals surface area contributed by atoms with Gasteiger partial charge in [0.2, 0.25) is 0 Å². The summed E-state index contributed by atoms with van der Waals surface area (Å²) in [5.74, 6) is 3.00. The Morgan fingerprint density at radius 3 is 2.37 bits per heavy atom. The van der Waals surface area contributed by atoms with Gasteiger partial charge < -0.3 is 4.90 Å². The third-order valence-corrected chi connectivity index (χ3v) is 8.40. The molecule has 0 N–H and O–H groups in total. The Labute approximate surface area is 188 Å². The first-order valence-electron chi connectivity index (χ1n) is 11.9. The van der Waals surface area contributed by atoms with E-state index < -0.39 is 0 Å². The van der Waals surface area contributed by atoms with Crippen LogP contribution in [0, 0.1) is 11.8 Å². The molecule has 2 atom stereocenters. The molecule has 2 aliphatic rings. The quantitative estimate of drug-likeness (QED) is 0.531. The molecule has 0 aromatic heterocycles. The van der Waals surface area contributed by atoms with E-state index in [2.05, 4.69) is 90.0 Å². The van der Waals surface area contributed by atoms with Crippen molar-refractivity contribution < 1.29 is 0 Å². The lowest BCUT2D eigenvalue weighted by Gasteiger charge is -2.39. The van der Waals surface area contributed by atoms with E-state index in [1.165, 1.54) is 68.0 Å². The normalized spacial score (nSPS) is 22.2. The summed E-state index contributed by atoms with van der Waals surface area (Å²) >= 11 is 2.21. The van der Waals surface area contributed by atoms with E-state index in [1.807, 2.05) is 0 Å². The van der Waals surface area contributed by atoms with Crippen LogP contribution in [0.3, 0.4) is 0 Å². The Kier molecular flexibility index (Phi) is 7.78. The molecule has 0 radical (unpaired) electrons. The van der Waals surface area contributed by atoms with Gasteiger partial charge in [-0.15, -0.1) is 0 Å². The van der Waals surface area contributed by atoms with Crippen LogP contribution in [-0.4, -0.2) is 42.1 Å². The molecular formula is C27H38N2S. The molecule has 4 rings (SSSR count). The van der Waals surface area contributed by atoms with Crippen LogP contribution in [-0.2, 0) is 13.0 Å². The zero-order valence-corrected chi connectivity index (χ0v) is 19.6. The number of likely N-dealkylation sites (tertiary alicyclic amines) is 1. The third-order valence-electron chi connectivity index (χ3n) is 7.17. The highest BCUT2D eigenvalue weighted by molar-refractivity contribution is 8.00. The summed E-state index contributed by atoms with van der Waals surface area (Å²) in [5, 5.41) is 0.780. The van der Waals surface area contributed by atoms with Crippen LogP contribution in [0.1, 0.15) is 44.2 Å². The Morgan fingerprint density at radius 2 is 1.67 bits per heavy atom. The number of nitrogens with zero attached hydrogens (tertiary/aromatic N) is 2. The molecule has 2 unspecified atom stereocenters. The molecule has 0 saturated carbocycles. The minimum atomic E-state index is 0.780. The third kappa shape index (κ3) is 5.82. The van der Waals surface area contributed by atoms with E-state index in [9.17, 15) is 0 Å². The van der Waals surface area contributed by atoms with Crippen molar-refractivity contribution in [3.63, 3.8) is 0 Å². The first-order valence-corrected chi connectivity index (χ1v) is 13.0. The second-order valence-corrected chi connectivity index (χ2v) is 10.7. The summed E-state index contributed by atoms with van der Waals surface area (Å²) < 4.78 is 0. The van der Waals surface area contributed by atoms with Gasteiger partial charge in [-0.3, -0.25) is 4.90 Å². The van der Waals surface area contributed by atoms with Crippen molar-refractivity contribution in [1.29, 1.82) is 0 Å². The number of benzene rings is 2. The first-order chi connectivity index (χ1) is 14.7. The maximum absolute atomic E-state index is 2.65. The zero-order valence-electron chi connectivity index (χ0n) is 18.8. The predicted molar refractivity (Wildman–Crippen MR) is 133 cm³/mol. The largest absolute Gasteiger partial charge is 0.370 e. The predicted octanol–water partition coefficient (Wildman–Crippen LogP) is 6.11. The van der Waals surface area contributed by atoms with Crippen molar-refractivity contribution in [3.8, 4) is 0 Å². The molecule has 0 bridgehead atoms. The molecule has 0 aliphatic carbocycles. The van der Waals surface area contributed by atoms with Gasteiger partial charge in [0, 0.05) is 36.3 Å². The highest BCUT2D eigenvalue weighted by atomic mass is 32.2. The van der Waals surface area contributed by atoms with E-state index in [0.29, 0.717) is 0 Å². The molecule has 3 heteroatoms. The van der Waals surface area contributed by atoms with E-state index >= 15 is 0 Å². The van der Waals surface area contributed by atoms with Gasteiger partial charge in [-0.25, -0.2) is 0 Å². The summed E-state index contributed by atoms with van der Waals surface area (Å²) in [4.78, 5) is 5.27. The number of aryl methyl sites for hydroxylation is 1. The van der Waals surface area contributed by atoms with Crippen LogP contribution in [0.2, 0.25) is 0 Å². The summed E-state index contributed by atoms with van der Waals surface area (Å²) in [6, 6.07) is 20.2. The van der Waals surface area contributed by atoms with Gasteiger partial charge >= 0.3 is 0 Å². The lowest BCUT2D eigenvalue weighted by molar-refractivity contribution is 0.143. The van der Waals surface area contributed by atoms with E-state index in [1.54, 1.807) is 0 Å². The van der Waals surface area contributed by atoms with Gasteiger partial charge in [-0.2, -0.15) is 11.8 Å². The molecule has 0 amide bonds. The van der Waals surface area contributed by atoms with Crippen LogP contribution >= 0.6 is 11.8 Å². The summed E-state index contributed by atoms with van der Waals surface area (Å²) in [6.45, 7) is 10.8. The smallest absolute Gasteiger partial charge is 0.0367 e. The minimum Gasteiger partial charge on any atom is -0.370 e. The first kappa shape index (κ1) is 21.8. The highest BCUT2D eigenvalue weighted by Gasteiger charge is 2.28. The second-order valence-electron chi connectivity index (χ2n) is 9.27. The van der Waals surface area contributed by atoms with E-state index in [0.717, 1.165) is 30.1 Å². The molecule has 162 valence electrons. The Hall–Kier alpha value is -1.45. The highest BCUT2D eigenvalue weighted by Crippen LogP contribution is 2.34. The minimum absolute atomic E-state index is 0.780. The second kappa shape index (κ2) is 10.7. The number of hydrogen-bond acceptors (Lipinski definition) is 3. The molecule has 2 nitrogen and oxygen atoms in total.